The van der Waals surface area contributed by atoms with Crippen molar-refractivity contribution in [2.24, 2.45) is 5.92 Å². The Kier molecular flexibility index (Phi) is 3.53. The first-order valence-electron chi connectivity index (χ1n) is 8.07. The Balaban J connectivity index is 1.66. The fraction of sp³-hybridized carbons (Fsp3) is 0.294. The zero-order chi connectivity index (χ0) is 18.5. The molecule has 8 nitrogen and oxygen atoms in total. The van der Waals surface area contributed by atoms with Crippen molar-refractivity contribution in [1.82, 2.24) is 20.5 Å². The van der Waals surface area contributed by atoms with E-state index in [1.54, 1.807) is 0 Å². The highest BCUT2D eigenvalue weighted by molar-refractivity contribution is 6.08. The fourth-order valence-corrected chi connectivity index (χ4v) is 3.66. The van der Waals surface area contributed by atoms with E-state index in [1.807, 2.05) is 0 Å². The van der Waals surface area contributed by atoms with Gasteiger partial charge < -0.3 is 15.2 Å². The van der Waals surface area contributed by atoms with Gasteiger partial charge in [-0.3, -0.25) is 19.7 Å². The van der Waals surface area contributed by atoms with E-state index in [1.165, 1.54) is 35.4 Å². The van der Waals surface area contributed by atoms with Crippen molar-refractivity contribution in [3.8, 4) is 0 Å². The first-order valence-corrected chi connectivity index (χ1v) is 8.07. The number of pyridine rings is 1. The summed E-state index contributed by atoms with van der Waals surface area (Å²) < 4.78 is 13.3. The lowest BCUT2D eigenvalue weighted by atomic mass is 9.79. The number of rotatable bonds is 3. The second kappa shape index (κ2) is 5.65. The van der Waals surface area contributed by atoms with Crippen LogP contribution in [0.15, 0.2) is 41.1 Å². The molecule has 4 amide bonds. The number of urea groups is 1. The summed E-state index contributed by atoms with van der Waals surface area (Å²) in [5, 5.41) is 4.83. The molecule has 1 aromatic rings. The van der Waals surface area contributed by atoms with E-state index in [-0.39, 0.29) is 31.0 Å². The number of carbonyl (C=O) groups is 3. The third kappa shape index (κ3) is 2.43. The van der Waals surface area contributed by atoms with Crippen LogP contribution in [0.3, 0.4) is 0 Å². The number of nitrogens with zero attached hydrogens (tertiary/aromatic N) is 1. The number of H-pyrrole nitrogens is 1. The third-order valence-corrected chi connectivity index (χ3v) is 4.99. The molecule has 3 aliphatic rings. The molecule has 0 radical (unpaired) electrons. The van der Waals surface area contributed by atoms with Gasteiger partial charge in [0.15, 0.2) is 0 Å². The minimum Gasteiger partial charge on any atom is -0.331 e. The number of amides is 4. The van der Waals surface area contributed by atoms with E-state index in [9.17, 15) is 23.6 Å². The van der Waals surface area contributed by atoms with Gasteiger partial charge in [0, 0.05) is 30.3 Å². The normalized spacial score (nSPS) is 27.3. The fourth-order valence-electron chi connectivity index (χ4n) is 3.66. The minimum atomic E-state index is -1.40. The quantitative estimate of drug-likeness (QED) is 0.677. The zero-order valence-corrected chi connectivity index (χ0v) is 13.5. The number of imide groups is 1. The van der Waals surface area contributed by atoms with E-state index in [4.69, 9.17) is 0 Å². The van der Waals surface area contributed by atoms with Gasteiger partial charge in [-0.1, -0.05) is 6.08 Å². The van der Waals surface area contributed by atoms with Crippen LogP contribution in [0.5, 0.6) is 0 Å². The van der Waals surface area contributed by atoms with Crippen molar-refractivity contribution in [3.05, 3.63) is 57.8 Å². The number of fused-ring (bicyclic) bond motifs is 1. The lowest BCUT2D eigenvalue weighted by Gasteiger charge is -2.36. The molecule has 0 bridgehead atoms. The number of aromatic nitrogens is 1. The SMILES string of the molecule is O=C1NC(=O)C(CN2Cc3c[nH]c(=O)cc3C2=O)(C2C=CC(F)=CC2)N1. The van der Waals surface area contributed by atoms with Gasteiger partial charge in [0.25, 0.3) is 11.8 Å². The van der Waals surface area contributed by atoms with Crippen LogP contribution in [0.1, 0.15) is 22.3 Å². The monoisotopic (exact) mass is 358 g/mol. The van der Waals surface area contributed by atoms with Crippen LogP contribution in [0.25, 0.3) is 0 Å². The van der Waals surface area contributed by atoms with Crippen LogP contribution in [0.4, 0.5) is 9.18 Å². The molecule has 2 unspecified atom stereocenters. The molecule has 3 N–H and O–H groups in total. The highest BCUT2D eigenvalue weighted by Gasteiger charge is 2.53. The smallest absolute Gasteiger partial charge is 0.322 e. The Bertz CT molecular complexity index is 950. The lowest BCUT2D eigenvalue weighted by Crippen LogP contribution is -2.59. The van der Waals surface area contributed by atoms with Crippen molar-refractivity contribution in [3.63, 3.8) is 0 Å². The van der Waals surface area contributed by atoms with Crippen molar-refractivity contribution in [2.45, 2.75) is 18.5 Å². The van der Waals surface area contributed by atoms with Crippen LogP contribution in [-0.4, -0.2) is 39.8 Å². The van der Waals surface area contributed by atoms with Crippen molar-refractivity contribution in [1.29, 1.82) is 0 Å². The predicted octanol–water partition coefficient (Wildman–Crippen LogP) is 0.338. The average molecular weight is 358 g/mol. The maximum absolute atomic E-state index is 13.3. The van der Waals surface area contributed by atoms with E-state index in [0.717, 1.165) is 0 Å². The molecule has 0 saturated carbocycles. The molecule has 2 aliphatic heterocycles. The number of halogens is 1. The molecule has 2 atom stereocenters. The highest BCUT2D eigenvalue weighted by Crippen LogP contribution is 2.33. The highest BCUT2D eigenvalue weighted by atomic mass is 19.1. The summed E-state index contributed by atoms with van der Waals surface area (Å²) in [4.78, 5) is 52.4. The van der Waals surface area contributed by atoms with E-state index >= 15 is 0 Å². The Hall–Kier alpha value is -3.23. The van der Waals surface area contributed by atoms with Gasteiger partial charge in [0.1, 0.15) is 11.4 Å². The molecule has 26 heavy (non-hydrogen) atoms. The molecule has 0 aromatic carbocycles. The second-order valence-electron chi connectivity index (χ2n) is 6.57. The van der Waals surface area contributed by atoms with Crippen LogP contribution >= 0.6 is 0 Å². The first kappa shape index (κ1) is 16.2. The van der Waals surface area contributed by atoms with Crippen molar-refractivity contribution >= 4 is 17.8 Å². The van der Waals surface area contributed by atoms with Crippen molar-refractivity contribution < 1.29 is 18.8 Å². The maximum Gasteiger partial charge on any atom is 0.322 e. The molecular weight excluding hydrogens is 343 g/mol. The summed E-state index contributed by atoms with van der Waals surface area (Å²) in [5.74, 6) is -1.87. The standard InChI is InChI=1S/C17H15FN4O4/c18-11-3-1-10(2-4-11)17(15(25)20-16(26)21-17)8-22-7-9-6-19-13(23)5-12(9)14(22)24/h1,3-6,10H,2,7-8H2,(H,19,23)(H2,20,21,25,26). The number of aromatic amines is 1. The number of hydrogen-bond donors (Lipinski definition) is 3. The topological polar surface area (TPSA) is 111 Å². The summed E-state index contributed by atoms with van der Waals surface area (Å²) in [6, 6.07) is 0.564. The molecule has 4 rings (SSSR count). The summed E-state index contributed by atoms with van der Waals surface area (Å²) in [6.45, 7) is 0.118. The maximum atomic E-state index is 13.3. The Morgan fingerprint density at radius 1 is 1.27 bits per heavy atom. The predicted molar refractivity (Wildman–Crippen MR) is 87.6 cm³/mol. The van der Waals surface area contributed by atoms with Crippen LogP contribution in [0, 0.1) is 5.92 Å². The number of carbonyl (C=O) groups excluding carboxylic acids is 3. The second-order valence-corrected chi connectivity index (χ2v) is 6.57. The zero-order valence-electron chi connectivity index (χ0n) is 13.5. The molecule has 3 heterocycles. The lowest BCUT2D eigenvalue weighted by molar-refractivity contribution is -0.125. The Morgan fingerprint density at radius 2 is 2.08 bits per heavy atom. The summed E-state index contributed by atoms with van der Waals surface area (Å²) in [7, 11) is 0. The van der Waals surface area contributed by atoms with E-state index in [2.05, 4.69) is 15.6 Å². The average Bonchev–Trinajstić information content (AvgIpc) is 3.06. The molecule has 1 fully saturated rings. The molecule has 1 aliphatic carbocycles. The third-order valence-electron chi connectivity index (χ3n) is 4.99. The van der Waals surface area contributed by atoms with Gasteiger partial charge in [-0.05, 0) is 18.6 Å². The number of nitrogens with one attached hydrogen (secondary N) is 3. The van der Waals surface area contributed by atoms with Gasteiger partial charge >= 0.3 is 6.03 Å². The molecule has 0 spiro atoms. The summed E-state index contributed by atoms with van der Waals surface area (Å²) in [5.41, 5.74) is -0.873. The van der Waals surface area contributed by atoms with Gasteiger partial charge in [-0.2, -0.15) is 0 Å². The summed E-state index contributed by atoms with van der Waals surface area (Å²) in [6.07, 6.45) is 5.78. The van der Waals surface area contributed by atoms with E-state index < -0.39 is 34.8 Å². The van der Waals surface area contributed by atoms with Gasteiger partial charge in [0.05, 0.1) is 12.1 Å². The first-order chi connectivity index (χ1) is 12.4. The Morgan fingerprint density at radius 3 is 2.73 bits per heavy atom. The summed E-state index contributed by atoms with van der Waals surface area (Å²) >= 11 is 0. The minimum absolute atomic E-state index is 0.0866. The molecule has 9 heteroatoms. The largest absolute Gasteiger partial charge is 0.331 e. The van der Waals surface area contributed by atoms with Crippen molar-refractivity contribution in [2.75, 3.05) is 6.54 Å². The van der Waals surface area contributed by atoms with Gasteiger partial charge in [-0.25, -0.2) is 9.18 Å². The molecule has 134 valence electrons. The molecule has 1 saturated heterocycles. The van der Waals surface area contributed by atoms with Crippen LogP contribution < -0.4 is 16.2 Å². The Labute approximate surface area is 146 Å². The molecular formula is C17H15FN4O4. The van der Waals surface area contributed by atoms with Crippen LogP contribution in [0.2, 0.25) is 0 Å². The van der Waals surface area contributed by atoms with Gasteiger partial charge in [0.2, 0.25) is 5.56 Å². The van der Waals surface area contributed by atoms with Crippen LogP contribution in [-0.2, 0) is 11.3 Å². The molecule has 1 aromatic heterocycles. The van der Waals surface area contributed by atoms with E-state index in [0.29, 0.717) is 5.56 Å². The number of hydrogen-bond acceptors (Lipinski definition) is 4. The van der Waals surface area contributed by atoms with Gasteiger partial charge in [-0.15, -0.1) is 0 Å². The number of allylic oxidation sites excluding steroid dienone is 3.